The fraction of sp³-hybridized carbons (Fsp3) is 0.154. The Morgan fingerprint density at radius 1 is 1.19 bits per heavy atom. The lowest BCUT2D eigenvalue weighted by atomic mass is 10.2. The van der Waals surface area contributed by atoms with Crippen molar-refractivity contribution in [3.8, 4) is 5.75 Å². The van der Waals surface area contributed by atoms with Crippen molar-refractivity contribution in [3.05, 3.63) is 52.4 Å². The first-order valence-electron chi connectivity index (χ1n) is 5.68. The maximum atomic E-state index is 13.1. The predicted molar refractivity (Wildman–Crippen MR) is 69.4 cm³/mol. The molecule has 0 spiro atoms. The summed E-state index contributed by atoms with van der Waals surface area (Å²) in [6.07, 6.45) is -4.80. The van der Waals surface area contributed by atoms with Crippen LogP contribution in [0.4, 0.5) is 23.4 Å². The number of pyridine rings is 1. The highest BCUT2D eigenvalue weighted by Gasteiger charge is 2.34. The van der Waals surface area contributed by atoms with Crippen molar-refractivity contribution in [3.63, 3.8) is 0 Å². The quantitative estimate of drug-likeness (QED) is 0.868. The Kier molecular flexibility index (Phi) is 4.22. The number of hydrogen-bond donors (Lipinski definition) is 1. The van der Waals surface area contributed by atoms with E-state index in [2.05, 4.69) is 4.98 Å². The van der Waals surface area contributed by atoms with Gasteiger partial charge in [0.1, 0.15) is 24.0 Å². The largest absolute Gasteiger partial charge is 0.487 e. The lowest BCUT2D eigenvalue weighted by Gasteiger charge is -2.11. The summed E-state index contributed by atoms with van der Waals surface area (Å²) in [5.41, 5.74) is 4.35. The van der Waals surface area contributed by atoms with E-state index >= 15 is 0 Å². The molecule has 0 amide bonds. The summed E-state index contributed by atoms with van der Waals surface area (Å²) in [6, 6.07) is 5.33. The Balaban J connectivity index is 2.19. The Hall–Kier alpha value is -2.02. The number of nitrogens with two attached hydrogens (primary N) is 1. The average molecular weight is 321 g/mol. The third-order valence-corrected chi connectivity index (χ3v) is 2.90. The molecule has 0 saturated heterocycles. The molecule has 0 saturated carbocycles. The average Bonchev–Trinajstić information content (AvgIpc) is 2.40. The zero-order valence-electron chi connectivity index (χ0n) is 10.4. The van der Waals surface area contributed by atoms with E-state index in [1.807, 2.05) is 0 Å². The van der Waals surface area contributed by atoms with Crippen LogP contribution in [-0.2, 0) is 12.8 Å². The van der Waals surface area contributed by atoms with Gasteiger partial charge in [0, 0.05) is 0 Å². The van der Waals surface area contributed by atoms with E-state index < -0.39 is 17.6 Å². The van der Waals surface area contributed by atoms with Gasteiger partial charge in [-0.05, 0) is 30.3 Å². The molecular weight excluding hydrogens is 312 g/mol. The van der Waals surface area contributed by atoms with Crippen LogP contribution >= 0.6 is 11.6 Å². The zero-order chi connectivity index (χ0) is 15.6. The van der Waals surface area contributed by atoms with Gasteiger partial charge >= 0.3 is 6.18 Å². The number of aromatic nitrogens is 1. The first kappa shape index (κ1) is 15.4. The number of nitrogen functional groups attached to an aromatic ring is 1. The molecule has 0 unspecified atom stereocenters. The molecule has 2 aromatic rings. The maximum Gasteiger partial charge on any atom is 0.419 e. The molecule has 0 bridgehead atoms. The van der Waals surface area contributed by atoms with Gasteiger partial charge in [-0.2, -0.15) is 13.2 Å². The van der Waals surface area contributed by atoms with Crippen molar-refractivity contribution in [2.24, 2.45) is 0 Å². The molecule has 0 aliphatic heterocycles. The van der Waals surface area contributed by atoms with Gasteiger partial charge in [-0.25, -0.2) is 9.37 Å². The second kappa shape index (κ2) is 5.77. The van der Waals surface area contributed by atoms with Crippen LogP contribution in [0, 0.1) is 5.82 Å². The standard InChI is InChI=1S/C13H9ClF4N2O/c14-9-2-4-12(19)20-11(9)6-21-7-1-3-10(15)8(5-7)13(16,17)18/h1-5H,6H2,(H2,19,20). The molecule has 3 nitrogen and oxygen atoms in total. The van der Waals surface area contributed by atoms with Crippen LogP contribution in [0.3, 0.4) is 0 Å². The van der Waals surface area contributed by atoms with Gasteiger partial charge in [-0.3, -0.25) is 0 Å². The third kappa shape index (κ3) is 3.75. The molecule has 8 heteroatoms. The summed E-state index contributed by atoms with van der Waals surface area (Å²) in [5, 5.41) is 0.266. The van der Waals surface area contributed by atoms with E-state index in [-0.39, 0.29) is 28.9 Å². The molecular formula is C13H9ClF4N2O. The number of hydrogen-bond acceptors (Lipinski definition) is 3. The summed E-state index contributed by atoms with van der Waals surface area (Å²) in [5.74, 6) is -1.31. The third-order valence-electron chi connectivity index (χ3n) is 2.56. The molecule has 2 N–H and O–H groups in total. The van der Waals surface area contributed by atoms with Crippen LogP contribution in [0.5, 0.6) is 5.75 Å². The minimum atomic E-state index is -4.80. The summed E-state index contributed by atoms with van der Waals surface area (Å²) in [6.45, 7) is -0.188. The Bertz CT molecular complexity index is 661. The first-order chi connectivity index (χ1) is 9.77. The van der Waals surface area contributed by atoms with Crippen LogP contribution in [0.2, 0.25) is 5.02 Å². The minimum absolute atomic E-state index is 0.149. The van der Waals surface area contributed by atoms with E-state index in [1.54, 1.807) is 0 Å². The highest BCUT2D eigenvalue weighted by molar-refractivity contribution is 6.31. The number of alkyl halides is 3. The molecule has 112 valence electrons. The van der Waals surface area contributed by atoms with Crippen molar-refractivity contribution in [2.75, 3.05) is 5.73 Å². The van der Waals surface area contributed by atoms with Crippen molar-refractivity contribution in [2.45, 2.75) is 12.8 Å². The fourth-order valence-corrected chi connectivity index (χ4v) is 1.73. The van der Waals surface area contributed by atoms with Crippen LogP contribution in [-0.4, -0.2) is 4.98 Å². The number of rotatable bonds is 3. The number of halogens is 5. The summed E-state index contributed by atoms with van der Waals surface area (Å²) >= 11 is 5.85. The van der Waals surface area contributed by atoms with Crippen LogP contribution in [0.1, 0.15) is 11.3 Å². The molecule has 0 radical (unpaired) electrons. The Morgan fingerprint density at radius 3 is 2.57 bits per heavy atom. The van der Waals surface area contributed by atoms with Gasteiger partial charge in [0.25, 0.3) is 0 Å². The van der Waals surface area contributed by atoms with Crippen LogP contribution < -0.4 is 10.5 Å². The van der Waals surface area contributed by atoms with Crippen LogP contribution in [0.25, 0.3) is 0 Å². The highest BCUT2D eigenvalue weighted by atomic mass is 35.5. The van der Waals surface area contributed by atoms with Gasteiger partial charge < -0.3 is 10.5 Å². The highest BCUT2D eigenvalue weighted by Crippen LogP contribution is 2.33. The van der Waals surface area contributed by atoms with E-state index in [0.717, 1.165) is 6.07 Å². The Labute approximate surface area is 122 Å². The molecule has 0 fully saturated rings. The second-order valence-corrected chi connectivity index (χ2v) is 4.50. The maximum absolute atomic E-state index is 13.1. The lowest BCUT2D eigenvalue weighted by Crippen LogP contribution is -2.09. The van der Waals surface area contributed by atoms with E-state index in [4.69, 9.17) is 22.1 Å². The van der Waals surface area contributed by atoms with Gasteiger partial charge in [-0.1, -0.05) is 11.6 Å². The predicted octanol–water partition coefficient (Wildman–Crippen LogP) is 4.05. The van der Waals surface area contributed by atoms with Gasteiger partial charge in [0.2, 0.25) is 0 Å². The number of anilines is 1. The molecule has 21 heavy (non-hydrogen) atoms. The lowest BCUT2D eigenvalue weighted by molar-refractivity contribution is -0.140. The molecule has 2 rings (SSSR count). The van der Waals surface area contributed by atoms with Crippen molar-refractivity contribution >= 4 is 17.4 Å². The smallest absolute Gasteiger partial charge is 0.419 e. The van der Waals surface area contributed by atoms with Crippen molar-refractivity contribution in [1.29, 1.82) is 0 Å². The van der Waals surface area contributed by atoms with Crippen LogP contribution in [0.15, 0.2) is 30.3 Å². The molecule has 0 aliphatic rings. The van der Waals surface area contributed by atoms with E-state index in [9.17, 15) is 17.6 Å². The van der Waals surface area contributed by atoms with Gasteiger partial charge in [-0.15, -0.1) is 0 Å². The van der Waals surface area contributed by atoms with Gasteiger partial charge in [0.15, 0.2) is 0 Å². The number of ether oxygens (including phenoxy) is 1. The zero-order valence-corrected chi connectivity index (χ0v) is 11.2. The summed E-state index contributed by atoms with van der Waals surface area (Å²) in [7, 11) is 0. The molecule has 0 atom stereocenters. The number of nitrogens with zero attached hydrogens (tertiary/aromatic N) is 1. The van der Waals surface area contributed by atoms with Crippen molar-refractivity contribution in [1.82, 2.24) is 4.98 Å². The monoisotopic (exact) mass is 320 g/mol. The van der Waals surface area contributed by atoms with Crippen molar-refractivity contribution < 1.29 is 22.3 Å². The fourth-order valence-electron chi connectivity index (χ4n) is 1.57. The van der Waals surface area contributed by atoms with E-state index in [1.165, 1.54) is 12.1 Å². The Morgan fingerprint density at radius 2 is 1.90 bits per heavy atom. The SMILES string of the molecule is Nc1ccc(Cl)c(COc2ccc(F)c(C(F)(F)F)c2)n1. The normalized spacial score (nSPS) is 11.5. The van der Waals surface area contributed by atoms with E-state index in [0.29, 0.717) is 12.1 Å². The topological polar surface area (TPSA) is 48.1 Å². The molecule has 1 heterocycles. The number of benzene rings is 1. The molecule has 1 aromatic heterocycles. The first-order valence-corrected chi connectivity index (χ1v) is 6.05. The molecule has 0 aliphatic carbocycles. The summed E-state index contributed by atoms with van der Waals surface area (Å²) in [4.78, 5) is 3.90. The molecule has 1 aromatic carbocycles. The van der Waals surface area contributed by atoms with Gasteiger partial charge in [0.05, 0.1) is 16.3 Å². The minimum Gasteiger partial charge on any atom is -0.487 e. The second-order valence-electron chi connectivity index (χ2n) is 4.09. The summed E-state index contributed by atoms with van der Waals surface area (Å²) < 4.78 is 56.0.